The minimum atomic E-state index is -3.35. The van der Waals surface area contributed by atoms with Crippen LogP contribution in [-0.2, 0) is 10.0 Å². The molecule has 0 aliphatic carbocycles. The van der Waals surface area contributed by atoms with Crippen molar-refractivity contribution in [2.24, 2.45) is 0 Å². The van der Waals surface area contributed by atoms with Crippen LogP contribution in [0.3, 0.4) is 0 Å². The molecule has 0 fully saturated rings. The Morgan fingerprint density at radius 1 is 1.05 bits per heavy atom. The second-order valence-electron chi connectivity index (χ2n) is 4.56. The molecule has 0 unspecified atom stereocenters. The normalized spacial score (nSPS) is 11.5. The molecule has 0 aliphatic heterocycles. The van der Waals surface area contributed by atoms with E-state index in [0.29, 0.717) is 11.3 Å². The second kappa shape index (κ2) is 6.37. The van der Waals surface area contributed by atoms with Gasteiger partial charge in [0.2, 0.25) is 10.0 Å². The quantitative estimate of drug-likeness (QED) is 0.682. The van der Waals surface area contributed by atoms with Gasteiger partial charge in [-0.05, 0) is 23.8 Å². The van der Waals surface area contributed by atoms with Gasteiger partial charge in [-0.1, -0.05) is 48.5 Å². The average Bonchev–Trinajstić information content (AvgIpc) is 2.44. The minimum Gasteiger partial charge on any atom is -0.289 e. The fourth-order valence-electron chi connectivity index (χ4n) is 1.78. The van der Waals surface area contributed by atoms with Crippen molar-refractivity contribution in [2.75, 3.05) is 11.0 Å². The second-order valence-corrected chi connectivity index (χ2v) is 6.31. The van der Waals surface area contributed by atoms with Crippen molar-refractivity contribution in [3.8, 4) is 0 Å². The maximum absolute atomic E-state index is 12.1. The lowest BCUT2D eigenvalue weighted by Crippen LogP contribution is -2.10. The molecule has 4 nitrogen and oxygen atoms in total. The molecule has 21 heavy (non-hydrogen) atoms. The highest BCUT2D eigenvalue weighted by molar-refractivity contribution is 7.92. The third kappa shape index (κ3) is 4.89. The SMILES string of the molecule is CS(=O)(=O)Nc1cccc(C(=O)/C=C\c2ccccc2)c1. The lowest BCUT2D eigenvalue weighted by atomic mass is 10.1. The standard InChI is InChI=1S/C16H15NO3S/c1-21(19,20)17-15-9-5-8-14(12-15)16(18)11-10-13-6-3-2-4-7-13/h2-12,17H,1H3/b11-10-. The summed E-state index contributed by atoms with van der Waals surface area (Å²) >= 11 is 0. The molecule has 0 radical (unpaired) electrons. The smallest absolute Gasteiger partial charge is 0.229 e. The number of anilines is 1. The predicted molar refractivity (Wildman–Crippen MR) is 84.7 cm³/mol. The number of carbonyl (C=O) groups excluding carboxylic acids is 1. The molecule has 0 aliphatic rings. The van der Waals surface area contributed by atoms with Gasteiger partial charge < -0.3 is 0 Å². The topological polar surface area (TPSA) is 63.2 Å². The molecule has 0 aromatic heterocycles. The first-order chi connectivity index (χ1) is 9.94. The van der Waals surface area contributed by atoms with Gasteiger partial charge in [0.05, 0.1) is 6.26 Å². The first kappa shape index (κ1) is 15.0. The van der Waals surface area contributed by atoms with Gasteiger partial charge in [0.15, 0.2) is 5.78 Å². The fourth-order valence-corrected chi connectivity index (χ4v) is 2.34. The number of ketones is 1. The highest BCUT2D eigenvalue weighted by Gasteiger charge is 2.06. The molecule has 0 heterocycles. The molecule has 0 saturated carbocycles. The Bertz CT molecular complexity index is 765. The molecule has 2 aromatic rings. The van der Waals surface area contributed by atoms with Gasteiger partial charge in [-0.3, -0.25) is 9.52 Å². The lowest BCUT2D eigenvalue weighted by molar-refractivity contribution is 0.104. The number of sulfonamides is 1. The zero-order valence-corrected chi connectivity index (χ0v) is 12.3. The van der Waals surface area contributed by atoms with Gasteiger partial charge in [-0.25, -0.2) is 8.42 Å². The summed E-state index contributed by atoms with van der Waals surface area (Å²) in [6.45, 7) is 0. The van der Waals surface area contributed by atoms with Crippen molar-refractivity contribution in [1.29, 1.82) is 0 Å². The first-order valence-corrected chi connectivity index (χ1v) is 8.18. The molecular formula is C16H15NO3S. The molecule has 0 atom stereocenters. The zero-order valence-electron chi connectivity index (χ0n) is 11.5. The Balaban J connectivity index is 2.16. The summed E-state index contributed by atoms with van der Waals surface area (Å²) in [4.78, 5) is 12.1. The molecule has 108 valence electrons. The number of benzene rings is 2. The summed E-state index contributed by atoms with van der Waals surface area (Å²) in [6.07, 6.45) is 4.25. The highest BCUT2D eigenvalue weighted by Crippen LogP contribution is 2.13. The van der Waals surface area contributed by atoms with Gasteiger partial charge in [-0.2, -0.15) is 0 Å². The summed E-state index contributed by atoms with van der Waals surface area (Å²) in [7, 11) is -3.35. The number of hydrogen-bond acceptors (Lipinski definition) is 3. The van der Waals surface area contributed by atoms with Crippen LogP contribution in [0.15, 0.2) is 60.7 Å². The Labute approximate surface area is 124 Å². The van der Waals surface area contributed by atoms with Crippen LogP contribution in [0.5, 0.6) is 0 Å². The molecule has 2 aromatic carbocycles. The van der Waals surface area contributed by atoms with Crippen molar-refractivity contribution in [3.05, 3.63) is 71.8 Å². The molecule has 1 N–H and O–H groups in total. The van der Waals surface area contributed by atoms with E-state index in [1.807, 2.05) is 30.3 Å². The molecule has 0 saturated heterocycles. The maximum atomic E-state index is 12.1. The van der Waals surface area contributed by atoms with Crippen LogP contribution in [-0.4, -0.2) is 20.5 Å². The number of rotatable bonds is 5. The van der Waals surface area contributed by atoms with Gasteiger partial charge in [-0.15, -0.1) is 0 Å². The monoisotopic (exact) mass is 301 g/mol. The van der Waals surface area contributed by atoms with Crippen molar-refractivity contribution in [1.82, 2.24) is 0 Å². The lowest BCUT2D eigenvalue weighted by Gasteiger charge is -2.04. The van der Waals surface area contributed by atoms with Gasteiger partial charge in [0, 0.05) is 11.3 Å². The number of hydrogen-bond donors (Lipinski definition) is 1. The molecule has 2 rings (SSSR count). The van der Waals surface area contributed by atoms with E-state index in [0.717, 1.165) is 11.8 Å². The summed E-state index contributed by atoms with van der Waals surface area (Å²) < 4.78 is 24.7. The van der Waals surface area contributed by atoms with E-state index < -0.39 is 10.0 Å². The van der Waals surface area contributed by atoms with E-state index in [-0.39, 0.29) is 5.78 Å². The Hall–Kier alpha value is -2.40. The summed E-state index contributed by atoms with van der Waals surface area (Å²) in [5, 5.41) is 0. The molecule has 0 spiro atoms. The van der Waals surface area contributed by atoms with Crippen LogP contribution in [0.4, 0.5) is 5.69 Å². The van der Waals surface area contributed by atoms with Crippen LogP contribution >= 0.6 is 0 Å². The van der Waals surface area contributed by atoms with Crippen LogP contribution < -0.4 is 4.72 Å². The third-order valence-corrected chi connectivity index (χ3v) is 3.28. The van der Waals surface area contributed by atoms with Gasteiger partial charge in [0.1, 0.15) is 0 Å². The summed E-state index contributed by atoms with van der Waals surface area (Å²) in [5.41, 5.74) is 1.73. The number of allylic oxidation sites excluding steroid dienone is 1. The molecule has 5 heteroatoms. The zero-order chi connectivity index (χ0) is 15.3. The molecule has 0 bridgehead atoms. The third-order valence-electron chi connectivity index (χ3n) is 2.68. The van der Waals surface area contributed by atoms with Crippen LogP contribution in [0.2, 0.25) is 0 Å². The van der Waals surface area contributed by atoms with Crippen LogP contribution in [0.25, 0.3) is 6.08 Å². The Morgan fingerprint density at radius 2 is 1.76 bits per heavy atom. The maximum Gasteiger partial charge on any atom is 0.229 e. The van der Waals surface area contributed by atoms with Crippen molar-refractivity contribution >= 4 is 27.6 Å². The predicted octanol–water partition coefficient (Wildman–Crippen LogP) is 2.95. The largest absolute Gasteiger partial charge is 0.289 e. The molecular weight excluding hydrogens is 286 g/mol. The number of carbonyl (C=O) groups is 1. The average molecular weight is 301 g/mol. The summed E-state index contributed by atoms with van der Waals surface area (Å²) in [5.74, 6) is -0.184. The fraction of sp³-hybridized carbons (Fsp3) is 0.0625. The van der Waals surface area contributed by atoms with E-state index >= 15 is 0 Å². The van der Waals surface area contributed by atoms with E-state index in [4.69, 9.17) is 0 Å². The first-order valence-electron chi connectivity index (χ1n) is 6.29. The van der Waals surface area contributed by atoms with Crippen molar-refractivity contribution in [3.63, 3.8) is 0 Å². The highest BCUT2D eigenvalue weighted by atomic mass is 32.2. The van der Waals surface area contributed by atoms with Gasteiger partial charge >= 0.3 is 0 Å². The van der Waals surface area contributed by atoms with E-state index in [9.17, 15) is 13.2 Å². The van der Waals surface area contributed by atoms with E-state index in [1.54, 1.807) is 24.3 Å². The molecule has 0 amide bonds. The van der Waals surface area contributed by atoms with E-state index in [2.05, 4.69) is 4.72 Å². The minimum absolute atomic E-state index is 0.184. The number of nitrogens with one attached hydrogen (secondary N) is 1. The van der Waals surface area contributed by atoms with Crippen molar-refractivity contribution < 1.29 is 13.2 Å². The van der Waals surface area contributed by atoms with Crippen molar-refractivity contribution in [2.45, 2.75) is 0 Å². The van der Waals surface area contributed by atoms with Gasteiger partial charge in [0.25, 0.3) is 0 Å². The Kier molecular flexibility index (Phi) is 4.55. The van der Waals surface area contributed by atoms with Crippen LogP contribution in [0.1, 0.15) is 15.9 Å². The summed E-state index contributed by atoms with van der Waals surface area (Å²) in [6, 6.07) is 15.9. The van der Waals surface area contributed by atoms with E-state index in [1.165, 1.54) is 12.1 Å². The van der Waals surface area contributed by atoms with Crippen LogP contribution in [0, 0.1) is 0 Å². The Morgan fingerprint density at radius 3 is 2.43 bits per heavy atom.